The van der Waals surface area contributed by atoms with E-state index in [1.165, 1.54) is 24.9 Å². The van der Waals surface area contributed by atoms with Gasteiger partial charge >= 0.3 is 5.97 Å². The third-order valence-electron chi connectivity index (χ3n) is 3.85. The molecule has 1 aromatic carbocycles. The van der Waals surface area contributed by atoms with Crippen molar-refractivity contribution in [1.82, 2.24) is 0 Å². The molecule has 0 spiro atoms. The van der Waals surface area contributed by atoms with Crippen LogP contribution in [0.3, 0.4) is 0 Å². The quantitative estimate of drug-likeness (QED) is 0.889. The van der Waals surface area contributed by atoms with Crippen LogP contribution in [0.5, 0.6) is 0 Å². The van der Waals surface area contributed by atoms with E-state index in [0.717, 1.165) is 18.5 Å². The van der Waals surface area contributed by atoms with Gasteiger partial charge in [-0.3, -0.25) is 0 Å². The number of hydrogen-bond donors (Lipinski definition) is 1. The fraction of sp³-hybridized carbons (Fsp3) is 0.533. The van der Waals surface area contributed by atoms with Crippen LogP contribution in [0, 0.1) is 6.92 Å². The van der Waals surface area contributed by atoms with Gasteiger partial charge in [0.25, 0.3) is 0 Å². The van der Waals surface area contributed by atoms with Crippen molar-refractivity contribution < 1.29 is 9.90 Å². The molecule has 18 heavy (non-hydrogen) atoms. The van der Waals surface area contributed by atoms with Crippen LogP contribution in [-0.4, -0.2) is 23.7 Å². The summed E-state index contributed by atoms with van der Waals surface area (Å²) in [7, 11) is 0. The molecule has 1 aliphatic heterocycles. The summed E-state index contributed by atoms with van der Waals surface area (Å²) in [5, 5.41) is 9.00. The first-order chi connectivity index (χ1) is 8.63. The molecule has 1 heterocycles. The largest absolute Gasteiger partial charge is 0.478 e. The number of hydrogen-bond acceptors (Lipinski definition) is 2. The highest BCUT2D eigenvalue weighted by molar-refractivity contribution is 5.88. The van der Waals surface area contributed by atoms with E-state index in [-0.39, 0.29) is 0 Å². The molecule has 3 heteroatoms. The molecule has 1 atom stereocenters. The van der Waals surface area contributed by atoms with Crippen LogP contribution in [-0.2, 0) is 0 Å². The highest BCUT2D eigenvalue weighted by Crippen LogP contribution is 2.29. The van der Waals surface area contributed by atoms with E-state index >= 15 is 0 Å². The molecule has 1 aliphatic rings. The zero-order chi connectivity index (χ0) is 13.1. The van der Waals surface area contributed by atoms with Gasteiger partial charge < -0.3 is 10.0 Å². The van der Waals surface area contributed by atoms with Gasteiger partial charge in [0, 0.05) is 18.3 Å². The number of rotatable bonds is 3. The van der Waals surface area contributed by atoms with Crippen LogP contribution in [0.1, 0.15) is 48.5 Å². The predicted octanol–water partition coefficient (Wildman–Crippen LogP) is 3.46. The van der Waals surface area contributed by atoms with Gasteiger partial charge in [-0.2, -0.15) is 0 Å². The molecule has 98 valence electrons. The first-order valence-electron chi connectivity index (χ1n) is 6.74. The van der Waals surface area contributed by atoms with Crippen molar-refractivity contribution in [2.24, 2.45) is 0 Å². The van der Waals surface area contributed by atoms with E-state index in [1.807, 2.05) is 13.0 Å². The minimum atomic E-state index is -0.852. The van der Waals surface area contributed by atoms with Crippen molar-refractivity contribution in [3.05, 3.63) is 29.3 Å². The van der Waals surface area contributed by atoms with Gasteiger partial charge in [-0.15, -0.1) is 0 Å². The topological polar surface area (TPSA) is 40.5 Å². The molecular weight excluding hydrogens is 226 g/mol. The Labute approximate surface area is 108 Å². The van der Waals surface area contributed by atoms with Crippen molar-refractivity contribution in [1.29, 1.82) is 0 Å². The van der Waals surface area contributed by atoms with Crippen LogP contribution in [0.4, 0.5) is 5.69 Å². The maximum absolute atomic E-state index is 10.9. The number of piperidine rings is 1. The molecular formula is C15H21NO2. The number of carbonyl (C=O) groups is 1. The standard InChI is InChI=1S/C15H21NO2/c1-3-13-6-4-5-9-16(13)14-8-7-12(15(17)18)10-11(14)2/h7-8,10,13H,3-6,9H2,1-2H3,(H,17,18). The SMILES string of the molecule is CCC1CCCCN1c1ccc(C(=O)O)cc1C. The van der Waals surface area contributed by atoms with E-state index in [2.05, 4.69) is 11.8 Å². The Hall–Kier alpha value is -1.51. The van der Waals surface area contributed by atoms with Crippen LogP contribution in [0.25, 0.3) is 0 Å². The molecule has 0 saturated carbocycles. The lowest BCUT2D eigenvalue weighted by Gasteiger charge is -2.38. The number of carboxylic acids is 1. The van der Waals surface area contributed by atoms with E-state index in [4.69, 9.17) is 5.11 Å². The van der Waals surface area contributed by atoms with Gasteiger partial charge in [0.15, 0.2) is 0 Å². The molecule has 0 amide bonds. The van der Waals surface area contributed by atoms with Gasteiger partial charge in [-0.1, -0.05) is 6.92 Å². The number of carboxylic acid groups (broad SMARTS) is 1. The Kier molecular flexibility index (Phi) is 3.90. The fourth-order valence-corrected chi connectivity index (χ4v) is 2.85. The summed E-state index contributed by atoms with van der Waals surface area (Å²) in [5.74, 6) is -0.852. The van der Waals surface area contributed by atoms with Crippen LogP contribution >= 0.6 is 0 Å². The zero-order valence-electron chi connectivity index (χ0n) is 11.1. The van der Waals surface area contributed by atoms with Crippen molar-refractivity contribution in [2.75, 3.05) is 11.4 Å². The number of aryl methyl sites for hydroxylation is 1. The van der Waals surface area contributed by atoms with Gasteiger partial charge in [0.2, 0.25) is 0 Å². The summed E-state index contributed by atoms with van der Waals surface area (Å²) in [5.41, 5.74) is 2.64. The molecule has 3 nitrogen and oxygen atoms in total. The Morgan fingerprint density at radius 2 is 2.22 bits per heavy atom. The summed E-state index contributed by atoms with van der Waals surface area (Å²) in [6, 6.07) is 6.06. The second-order valence-electron chi connectivity index (χ2n) is 5.06. The van der Waals surface area contributed by atoms with Gasteiger partial charge in [0.05, 0.1) is 5.56 Å². The minimum Gasteiger partial charge on any atom is -0.478 e. The average Bonchev–Trinajstić information content (AvgIpc) is 2.38. The molecule has 1 saturated heterocycles. The van der Waals surface area contributed by atoms with Crippen LogP contribution < -0.4 is 4.90 Å². The molecule has 0 radical (unpaired) electrons. The Morgan fingerprint density at radius 1 is 1.44 bits per heavy atom. The number of nitrogens with zero attached hydrogens (tertiary/aromatic N) is 1. The highest BCUT2D eigenvalue weighted by atomic mass is 16.4. The van der Waals surface area contributed by atoms with Gasteiger partial charge in [-0.05, 0) is 56.4 Å². The second kappa shape index (κ2) is 5.42. The Bertz CT molecular complexity index is 442. The van der Waals surface area contributed by atoms with Crippen LogP contribution in [0.15, 0.2) is 18.2 Å². The smallest absolute Gasteiger partial charge is 0.335 e. The maximum Gasteiger partial charge on any atom is 0.335 e. The molecule has 0 aliphatic carbocycles. The first-order valence-corrected chi connectivity index (χ1v) is 6.74. The first kappa shape index (κ1) is 12.9. The lowest BCUT2D eigenvalue weighted by atomic mass is 9.97. The molecule has 1 N–H and O–H groups in total. The lowest BCUT2D eigenvalue weighted by Crippen LogP contribution is -2.39. The summed E-state index contributed by atoms with van der Waals surface area (Å²) in [6.07, 6.45) is 4.94. The third kappa shape index (κ3) is 2.50. The average molecular weight is 247 g/mol. The number of aromatic carboxylic acids is 1. The van der Waals surface area contributed by atoms with Crippen molar-refractivity contribution in [3.8, 4) is 0 Å². The van der Waals surface area contributed by atoms with Gasteiger partial charge in [0.1, 0.15) is 0 Å². The third-order valence-corrected chi connectivity index (χ3v) is 3.85. The molecule has 1 unspecified atom stereocenters. The van der Waals surface area contributed by atoms with Crippen molar-refractivity contribution in [3.63, 3.8) is 0 Å². The summed E-state index contributed by atoms with van der Waals surface area (Å²) in [6.45, 7) is 5.32. The molecule has 2 rings (SSSR count). The highest BCUT2D eigenvalue weighted by Gasteiger charge is 2.22. The number of anilines is 1. The van der Waals surface area contributed by atoms with E-state index in [0.29, 0.717) is 11.6 Å². The predicted molar refractivity (Wildman–Crippen MR) is 73.4 cm³/mol. The summed E-state index contributed by atoms with van der Waals surface area (Å²) < 4.78 is 0. The maximum atomic E-state index is 10.9. The second-order valence-corrected chi connectivity index (χ2v) is 5.06. The molecule has 0 aromatic heterocycles. The minimum absolute atomic E-state index is 0.376. The Morgan fingerprint density at radius 3 is 2.83 bits per heavy atom. The normalized spacial score (nSPS) is 19.9. The zero-order valence-corrected chi connectivity index (χ0v) is 11.1. The van der Waals surface area contributed by atoms with E-state index in [9.17, 15) is 4.79 Å². The van der Waals surface area contributed by atoms with Crippen molar-refractivity contribution >= 4 is 11.7 Å². The molecule has 1 aromatic rings. The van der Waals surface area contributed by atoms with Crippen molar-refractivity contribution in [2.45, 2.75) is 45.6 Å². The van der Waals surface area contributed by atoms with E-state index in [1.54, 1.807) is 12.1 Å². The van der Waals surface area contributed by atoms with Crippen LogP contribution in [0.2, 0.25) is 0 Å². The summed E-state index contributed by atoms with van der Waals surface area (Å²) in [4.78, 5) is 13.4. The molecule has 0 bridgehead atoms. The number of benzene rings is 1. The summed E-state index contributed by atoms with van der Waals surface area (Å²) >= 11 is 0. The Balaban J connectivity index is 2.29. The van der Waals surface area contributed by atoms with E-state index < -0.39 is 5.97 Å². The molecule has 1 fully saturated rings. The fourth-order valence-electron chi connectivity index (χ4n) is 2.85. The monoisotopic (exact) mass is 247 g/mol. The lowest BCUT2D eigenvalue weighted by molar-refractivity contribution is 0.0697. The van der Waals surface area contributed by atoms with Gasteiger partial charge in [-0.25, -0.2) is 4.79 Å².